The SMILES string of the molecule is Cc1ccccc1-c1noc(CSc2nnc(NC3CC3)s2)n1. The van der Waals surface area contributed by atoms with Gasteiger partial charge in [0.15, 0.2) is 4.34 Å². The summed E-state index contributed by atoms with van der Waals surface area (Å²) in [6.07, 6.45) is 2.46. The van der Waals surface area contributed by atoms with E-state index < -0.39 is 0 Å². The molecule has 0 saturated heterocycles. The Morgan fingerprint density at radius 2 is 2.17 bits per heavy atom. The number of hydrogen-bond donors (Lipinski definition) is 1. The van der Waals surface area contributed by atoms with Crippen molar-refractivity contribution in [2.24, 2.45) is 0 Å². The summed E-state index contributed by atoms with van der Waals surface area (Å²) < 4.78 is 6.24. The summed E-state index contributed by atoms with van der Waals surface area (Å²) in [7, 11) is 0. The molecule has 0 spiro atoms. The van der Waals surface area contributed by atoms with E-state index in [1.54, 1.807) is 23.1 Å². The Hall–Kier alpha value is -1.93. The molecule has 6 nitrogen and oxygen atoms in total. The van der Waals surface area contributed by atoms with Gasteiger partial charge in [-0.05, 0) is 25.3 Å². The Kier molecular flexibility index (Phi) is 4.00. The summed E-state index contributed by atoms with van der Waals surface area (Å²) in [6, 6.07) is 8.60. The van der Waals surface area contributed by atoms with Crippen molar-refractivity contribution in [2.45, 2.75) is 35.9 Å². The molecule has 1 aliphatic rings. The van der Waals surface area contributed by atoms with Crippen LogP contribution in [0, 0.1) is 6.92 Å². The Labute approximate surface area is 141 Å². The maximum absolute atomic E-state index is 5.34. The van der Waals surface area contributed by atoms with Crippen LogP contribution in [0.25, 0.3) is 11.4 Å². The van der Waals surface area contributed by atoms with E-state index in [1.807, 2.05) is 31.2 Å². The molecule has 23 heavy (non-hydrogen) atoms. The summed E-state index contributed by atoms with van der Waals surface area (Å²) in [5, 5.41) is 16.6. The molecule has 0 atom stereocenters. The van der Waals surface area contributed by atoms with Crippen LogP contribution in [0.15, 0.2) is 33.1 Å². The molecule has 0 bridgehead atoms. The lowest BCUT2D eigenvalue weighted by molar-refractivity contribution is 0.391. The molecule has 3 aromatic rings. The Balaban J connectivity index is 1.39. The molecule has 1 fully saturated rings. The van der Waals surface area contributed by atoms with Gasteiger partial charge in [-0.2, -0.15) is 4.98 Å². The lowest BCUT2D eigenvalue weighted by atomic mass is 10.1. The van der Waals surface area contributed by atoms with Gasteiger partial charge in [0.2, 0.25) is 16.8 Å². The lowest BCUT2D eigenvalue weighted by Gasteiger charge is -1.97. The van der Waals surface area contributed by atoms with Crippen molar-refractivity contribution in [2.75, 3.05) is 5.32 Å². The maximum Gasteiger partial charge on any atom is 0.237 e. The van der Waals surface area contributed by atoms with Gasteiger partial charge < -0.3 is 9.84 Å². The number of aromatic nitrogens is 4. The van der Waals surface area contributed by atoms with Crippen LogP contribution in [0.2, 0.25) is 0 Å². The molecule has 2 heterocycles. The molecule has 0 radical (unpaired) electrons. The topological polar surface area (TPSA) is 76.7 Å². The van der Waals surface area contributed by atoms with Gasteiger partial charge in [0.25, 0.3) is 0 Å². The predicted molar refractivity (Wildman–Crippen MR) is 90.6 cm³/mol. The van der Waals surface area contributed by atoms with Crippen molar-refractivity contribution in [1.82, 2.24) is 20.3 Å². The van der Waals surface area contributed by atoms with Gasteiger partial charge in [-0.1, -0.05) is 52.5 Å². The average Bonchev–Trinajstić information content (AvgIpc) is 3.07. The van der Waals surface area contributed by atoms with E-state index in [0.29, 0.717) is 23.5 Å². The summed E-state index contributed by atoms with van der Waals surface area (Å²) >= 11 is 3.13. The Morgan fingerprint density at radius 1 is 1.30 bits per heavy atom. The standard InChI is InChI=1S/C15H15N5OS2/c1-9-4-2-3-5-11(9)13-17-12(21-20-13)8-22-15-19-18-14(23-15)16-10-6-7-10/h2-5,10H,6-8H2,1H3,(H,16,18). The van der Waals surface area contributed by atoms with Gasteiger partial charge >= 0.3 is 0 Å². The van der Waals surface area contributed by atoms with Crippen LogP contribution in [-0.2, 0) is 5.75 Å². The quantitative estimate of drug-likeness (QED) is 0.682. The van der Waals surface area contributed by atoms with E-state index in [2.05, 4.69) is 25.7 Å². The first kappa shape index (κ1) is 14.6. The van der Waals surface area contributed by atoms with E-state index in [-0.39, 0.29) is 0 Å². The fourth-order valence-corrected chi connectivity index (χ4v) is 3.77. The van der Waals surface area contributed by atoms with Crippen molar-refractivity contribution >= 4 is 28.2 Å². The molecule has 1 saturated carbocycles. The summed E-state index contributed by atoms with van der Waals surface area (Å²) in [5.74, 6) is 1.82. The summed E-state index contributed by atoms with van der Waals surface area (Å²) in [5.41, 5.74) is 2.13. The van der Waals surface area contributed by atoms with Gasteiger partial charge in [-0.25, -0.2) is 0 Å². The summed E-state index contributed by atoms with van der Waals surface area (Å²) in [4.78, 5) is 4.46. The van der Waals surface area contributed by atoms with Gasteiger partial charge in [0, 0.05) is 11.6 Å². The number of benzene rings is 1. The van der Waals surface area contributed by atoms with Crippen molar-refractivity contribution in [1.29, 1.82) is 0 Å². The first-order valence-electron chi connectivity index (χ1n) is 7.39. The first-order valence-corrected chi connectivity index (χ1v) is 9.19. The zero-order chi connectivity index (χ0) is 15.6. The van der Waals surface area contributed by atoms with Gasteiger partial charge in [-0.3, -0.25) is 0 Å². The van der Waals surface area contributed by atoms with Gasteiger partial charge in [-0.15, -0.1) is 10.2 Å². The number of hydrogen-bond acceptors (Lipinski definition) is 8. The zero-order valence-corrected chi connectivity index (χ0v) is 14.2. The second-order valence-corrected chi connectivity index (χ2v) is 7.61. The number of nitrogens with zero attached hydrogens (tertiary/aromatic N) is 4. The minimum Gasteiger partial charge on any atom is -0.357 e. The molecule has 4 rings (SSSR count). The Morgan fingerprint density at radius 3 is 3.00 bits per heavy atom. The zero-order valence-electron chi connectivity index (χ0n) is 12.5. The van der Waals surface area contributed by atoms with Crippen LogP contribution < -0.4 is 5.32 Å². The highest BCUT2D eigenvalue weighted by molar-refractivity contribution is 8.00. The molecule has 0 unspecified atom stereocenters. The predicted octanol–water partition coefficient (Wildman–Crippen LogP) is 3.76. The third-order valence-corrected chi connectivity index (χ3v) is 5.46. The van der Waals surface area contributed by atoms with Crippen LogP contribution in [0.3, 0.4) is 0 Å². The van der Waals surface area contributed by atoms with E-state index in [0.717, 1.165) is 20.6 Å². The average molecular weight is 345 g/mol. The lowest BCUT2D eigenvalue weighted by Crippen LogP contribution is -1.99. The molecule has 0 aliphatic heterocycles. The van der Waals surface area contributed by atoms with Crippen LogP contribution in [0.4, 0.5) is 5.13 Å². The first-order chi connectivity index (χ1) is 11.3. The van der Waals surface area contributed by atoms with Crippen molar-refractivity contribution < 1.29 is 4.52 Å². The van der Waals surface area contributed by atoms with Crippen LogP contribution in [0.1, 0.15) is 24.3 Å². The van der Waals surface area contributed by atoms with Crippen LogP contribution >= 0.6 is 23.1 Å². The van der Waals surface area contributed by atoms with E-state index in [1.165, 1.54) is 12.8 Å². The number of anilines is 1. The van der Waals surface area contributed by atoms with Crippen molar-refractivity contribution in [3.8, 4) is 11.4 Å². The largest absolute Gasteiger partial charge is 0.357 e. The highest BCUT2D eigenvalue weighted by Gasteiger charge is 2.22. The fourth-order valence-electron chi connectivity index (χ4n) is 2.10. The molecular weight excluding hydrogens is 330 g/mol. The fraction of sp³-hybridized carbons (Fsp3) is 0.333. The van der Waals surface area contributed by atoms with Gasteiger partial charge in [0.1, 0.15) is 0 Å². The number of aryl methyl sites for hydroxylation is 1. The molecule has 1 N–H and O–H groups in total. The van der Waals surface area contributed by atoms with Gasteiger partial charge in [0.05, 0.1) is 5.75 Å². The Bertz CT molecular complexity index is 812. The maximum atomic E-state index is 5.34. The number of rotatable bonds is 6. The second kappa shape index (κ2) is 6.29. The molecule has 1 aromatic carbocycles. The van der Waals surface area contributed by atoms with E-state index >= 15 is 0 Å². The monoisotopic (exact) mass is 345 g/mol. The highest BCUT2D eigenvalue weighted by Crippen LogP contribution is 2.31. The third kappa shape index (κ3) is 3.53. The molecule has 1 aliphatic carbocycles. The van der Waals surface area contributed by atoms with Crippen LogP contribution in [-0.4, -0.2) is 26.4 Å². The molecule has 0 amide bonds. The van der Waals surface area contributed by atoms with E-state index in [4.69, 9.17) is 4.52 Å². The normalized spacial score (nSPS) is 14.1. The van der Waals surface area contributed by atoms with Crippen molar-refractivity contribution in [3.63, 3.8) is 0 Å². The molecule has 8 heteroatoms. The third-order valence-electron chi connectivity index (χ3n) is 3.48. The highest BCUT2D eigenvalue weighted by atomic mass is 32.2. The molecular formula is C15H15N5OS2. The van der Waals surface area contributed by atoms with Crippen LogP contribution in [0.5, 0.6) is 0 Å². The second-order valence-electron chi connectivity index (χ2n) is 5.41. The number of thioether (sulfide) groups is 1. The van der Waals surface area contributed by atoms with E-state index in [9.17, 15) is 0 Å². The van der Waals surface area contributed by atoms with Crippen molar-refractivity contribution in [3.05, 3.63) is 35.7 Å². The smallest absolute Gasteiger partial charge is 0.237 e. The summed E-state index contributed by atoms with van der Waals surface area (Å²) in [6.45, 7) is 2.04. The molecule has 118 valence electrons. The minimum atomic E-state index is 0.591. The minimum absolute atomic E-state index is 0.591. The number of nitrogens with one attached hydrogen (secondary N) is 1. The molecule has 2 aromatic heterocycles.